The first-order valence-electron chi connectivity index (χ1n) is 8.68. The van der Waals surface area contributed by atoms with E-state index in [9.17, 15) is 0 Å². The zero-order chi connectivity index (χ0) is 17.1. The van der Waals surface area contributed by atoms with Crippen LogP contribution >= 0.6 is 0 Å². The Morgan fingerprint density at radius 3 is 1.65 bits per heavy atom. The van der Waals surface area contributed by atoms with Gasteiger partial charge >= 0.3 is 0 Å². The number of ether oxygens (including phenoxy) is 2. The summed E-state index contributed by atoms with van der Waals surface area (Å²) >= 11 is 0. The highest BCUT2D eigenvalue weighted by molar-refractivity contribution is 5.93. The second kappa shape index (κ2) is 6.82. The van der Waals surface area contributed by atoms with Crippen molar-refractivity contribution in [2.45, 2.75) is 72.0 Å². The predicted octanol–water partition coefficient (Wildman–Crippen LogP) is 6.36. The molecule has 0 saturated heterocycles. The first kappa shape index (κ1) is 17.7. The Hall–Kier alpha value is -1.70. The van der Waals surface area contributed by atoms with Crippen molar-refractivity contribution in [3.05, 3.63) is 36.4 Å². The van der Waals surface area contributed by atoms with Crippen molar-refractivity contribution in [1.82, 2.24) is 0 Å². The number of rotatable bonds is 7. The summed E-state index contributed by atoms with van der Waals surface area (Å²) in [6, 6.07) is 12.4. The number of hydrogen-bond acceptors (Lipinski definition) is 2. The molecule has 0 aliphatic heterocycles. The van der Waals surface area contributed by atoms with Crippen LogP contribution in [0, 0.1) is 0 Å². The van der Waals surface area contributed by atoms with Gasteiger partial charge in [0, 0.05) is 10.8 Å². The van der Waals surface area contributed by atoms with Gasteiger partial charge in [0.1, 0.15) is 22.7 Å². The quantitative estimate of drug-likeness (QED) is 0.591. The normalized spacial score (nSPS) is 12.4. The summed E-state index contributed by atoms with van der Waals surface area (Å²) in [6.45, 7) is 12.9. The number of benzene rings is 2. The molecule has 0 atom stereocenters. The lowest BCUT2D eigenvalue weighted by Crippen LogP contribution is -2.28. The van der Waals surface area contributed by atoms with Crippen molar-refractivity contribution in [1.29, 1.82) is 0 Å². The Balaban J connectivity index is 2.42. The lowest BCUT2D eigenvalue weighted by atomic mass is 10.0. The van der Waals surface area contributed by atoms with E-state index >= 15 is 0 Å². The summed E-state index contributed by atoms with van der Waals surface area (Å²) in [5.74, 6) is 1.86. The highest BCUT2D eigenvalue weighted by atomic mass is 16.5. The fraction of sp³-hybridized carbons (Fsp3) is 0.524. The molecule has 2 heteroatoms. The highest BCUT2D eigenvalue weighted by Gasteiger charge is 2.21. The molecule has 2 aromatic carbocycles. The van der Waals surface area contributed by atoms with E-state index in [1.807, 2.05) is 18.2 Å². The maximum atomic E-state index is 6.31. The molecule has 0 aliphatic carbocycles. The lowest BCUT2D eigenvalue weighted by Gasteiger charge is -2.28. The van der Waals surface area contributed by atoms with Gasteiger partial charge in [-0.3, -0.25) is 0 Å². The van der Waals surface area contributed by atoms with Crippen LogP contribution in [0.15, 0.2) is 36.4 Å². The molecule has 0 heterocycles. The molecule has 0 amide bonds. The molecule has 0 N–H and O–H groups in total. The van der Waals surface area contributed by atoms with Gasteiger partial charge < -0.3 is 9.47 Å². The predicted molar refractivity (Wildman–Crippen MR) is 98.6 cm³/mol. The van der Waals surface area contributed by atoms with E-state index in [2.05, 4.69) is 59.7 Å². The molecule has 0 bridgehead atoms. The van der Waals surface area contributed by atoms with E-state index in [0.29, 0.717) is 0 Å². The van der Waals surface area contributed by atoms with Gasteiger partial charge in [-0.15, -0.1) is 0 Å². The van der Waals surface area contributed by atoms with Crippen molar-refractivity contribution in [3.8, 4) is 11.5 Å². The van der Waals surface area contributed by atoms with Gasteiger partial charge in [-0.1, -0.05) is 44.5 Å². The van der Waals surface area contributed by atoms with Crippen LogP contribution in [0.1, 0.15) is 60.8 Å². The summed E-state index contributed by atoms with van der Waals surface area (Å²) in [6.07, 6.45) is 3.10. The summed E-state index contributed by atoms with van der Waals surface area (Å²) in [4.78, 5) is 0. The minimum absolute atomic E-state index is 0.164. The third-order valence-corrected chi connectivity index (χ3v) is 4.32. The van der Waals surface area contributed by atoms with Gasteiger partial charge in [0.15, 0.2) is 0 Å². The molecule has 0 spiro atoms. The molecule has 0 fully saturated rings. The second-order valence-corrected chi connectivity index (χ2v) is 7.43. The van der Waals surface area contributed by atoms with E-state index in [-0.39, 0.29) is 11.2 Å². The fourth-order valence-electron chi connectivity index (χ4n) is 2.75. The standard InChI is InChI=1S/C21H30O2/c1-7-15-21(5,6)23-19-14-10-11-16-17(19)12-9-13-18(16)22-20(3,4)8-2/h9-14H,7-8,15H2,1-6H3. The maximum Gasteiger partial charge on any atom is 0.128 e. The Morgan fingerprint density at radius 2 is 1.22 bits per heavy atom. The van der Waals surface area contributed by atoms with Crippen molar-refractivity contribution in [2.75, 3.05) is 0 Å². The molecular formula is C21H30O2. The number of fused-ring (bicyclic) bond motifs is 1. The monoisotopic (exact) mass is 314 g/mol. The minimum atomic E-state index is -0.174. The van der Waals surface area contributed by atoms with Crippen LogP contribution in [0.5, 0.6) is 11.5 Å². The largest absolute Gasteiger partial charge is 0.487 e. The fourth-order valence-corrected chi connectivity index (χ4v) is 2.75. The smallest absolute Gasteiger partial charge is 0.128 e. The van der Waals surface area contributed by atoms with E-state index in [1.54, 1.807) is 0 Å². The topological polar surface area (TPSA) is 18.5 Å². The van der Waals surface area contributed by atoms with Gasteiger partial charge in [0.2, 0.25) is 0 Å². The zero-order valence-corrected chi connectivity index (χ0v) is 15.4. The van der Waals surface area contributed by atoms with Crippen LogP contribution < -0.4 is 9.47 Å². The highest BCUT2D eigenvalue weighted by Crippen LogP contribution is 2.36. The van der Waals surface area contributed by atoms with Crippen LogP contribution in [0.4, 0.5) is 0 Å². The summed E-state index contributed by atoms with van der Waals surface area (Å²) in [5, 5.41) is 2.22. The molecule has 0 unspecified atom stereocenters. The van der Waals surface area contributed by atoms with Crippen molar-refractivity contribution < 1.29 is 9.47 Å². The first-order valence-corrected chi connectivity index (χ1v) is 8.68. The molecule has 2 rings (SSSR count). The van der Waals surface area contributed by atoms with Crippen molar-refractivity contribution >= 4 is 10.8 Å². The molecule has 23 heavy (non-hydrogen) atoms. The molecule has 0 radical (unpaired) electrons. The minimum Gasteiger partial charge on any atom is -0.487 e. The SMILES string of the molecule is CCCC(C)(C)Oc1cccc2c(OC(C)(C)CC)cccc12. The molecule has 2 nitrogen and oxygen atoms in total. The van der Waals surface area contributed by atoms with E-state index < -0.39 is 0 Å². The third kappa shape index (κ3) is 4.40. The third-order valence-electron chi connectivity index (χ3n) is 4.32. The number of hydrogen-bond donors (Lipinski definition) is 0. The van der Waals surface area contributed by atoms with Crippen molar-refractivity contribution in [3.63, 3.8) is 0 Å². The van der Waals surface area contributed by atoms with Crippen LogP contribution in [-0.2, 0) is 0 Å². The van der Waals surface area contributed by atoms with Gasteiger partial charge in [-0.05, 0) is 52.7 Å². The average molecular weight is 314 g/mol. The van der Waals surface area contributed by atoms with Gasteiger partial charge in [0.25, 0.3) is 0 Å². The first-order chi connectivity index (χ1) is 10.8. The van der Waals surface area contributed by atoms with E-state index in [4.69, 9.17) is 9.47 Å². The average Bonchev–Trinajstić information content (AvgIpc) is 2.47. The molecule has 0 aromatic heterocycles. The van der Waals surface area contributed by atoms with E-state index in [0.717, 1.165) is 41.5 Å². The van der Waals surface area contributed by atoms with Crippen LogP contribution in [0.3, 0.4) is 0 Å². The summed E-state index contributed by atoms with van der Waals surface area (Å²) < 4.78 is 12.6. The molecule has 2 aromatic rings. The van der Waals surface area contributed by atoms with Gasteiger partial charge in [-0.25, -0.2) is 0 Å². The molecular weight excluding hydrogens is 284 g/mol. The molecule has 0 saturated carbocycles. The Labute approximate surface area is 140 Å². The summed E-state index contributed by atoms with van der Waals surface area (Å²) in [5.41, 5.74) is -0.338. The lowest BCUT2D eigenvalue weighted by molar-refractivity contribution is 0.0999. The summed E-state index contributed by atoms with van der Waals surface area (Å²) in [7, 11) is 0. The van der Waals surface area contributed by atoms with Crippen LogP contribution in [-0.4, -0.2) is 11.2 Å². The van der Waals surface area contributed by atoms with Crippen molar-refractivity contribution in [2.24, 2.45) is 0 Å². The van der Waals surface area contributed by atoms with E-state index in [1.165, 1.54) is 0 Å². The van der Waals surface area contributed by atoms with Crippen LogP contribution in [0.25, 0.3) is 10.8 Å². The molecule has 0 aliphatic rings. The zero-order valence-electron chi connectivity index (χ0n) is 15.4. The Bertz CT molecular complexity index is 656. The Kier molecular flexibility index (Phi) is 5.23. The Morgan fingerprint density at radius 1 is 0.739 bits per heavy atom. The van der Waals surface area contributed by atoms with Gasteiger partial charge in [-0.2, -0.15) is 0 Å². The second-order valence-electron chi connectivity index (χ2n) is 7.43. The van der Waals surface area contributed by atoms with Crippen LogP contribution in [0.2, 0.25) is 0 Å². The molecule has 126 valence electrons. The van der Waals surface area contributed by atoms with Gasteiger partial charge in [0.05, 0.1) is 0 Å². The maximum absolute atomic E-state index is 6.31.